The molecule has 2 aliphatic rings. The van der Waals surface area contributed by atoms with Gasteiger partial charge in [0, 0.05) is 61.7 Å². The highest BCUT2D eigenvalue weighted by atomic mass is 35.5. The third-order valence-corrected chi connectivity index (χ3v) is 8.48. The fraction of sp³-hybridized carbons (Fsp3) is 0.433. The molecule has 1 aromatic heterocycles. The molecular weight excluding hydrogens is 551 g/mol. The maximum absolute atomic E-state index is 14.0. The molecule has 3 heterocycles. The van der Waals surface area contributed by atoms with E-state index in [1.807, 2.05) is 40.1 Å². The number of aryl methyl sites for hydroxylation is 1. The van der Waals surface area contributed by atoms with Gasteiger partial charge in [0.1, 0.15) is 22.8 Å². The van der Waals surface area contributed by atoms with E-state index >= 15 is 0 Å². The number of nitrogens with zero attached hydrogens (tertiary/aromatic N) is 4. The molecule has 0 bridgehead atoms. The summed E-state index contributed by atoms with van der Waals surface area (Å²) in [5.74, 6) is 1.02. The van der Waals surface area contributed by atoms with Gasteiger partial charge in [0.25, 0.3) is 5.91 Å². The SMILES string of the molecule is Cc1onc(-c2ccccc2Cl)c1C(=O)N1CCC[C@@](COc2ccc(Cl)cc2)(CC(=O)N2CCN(C)CC2)C1. The number of likely N-dealkylation sites (tertiary alicyclic amines) is 1. The van der Waals surface area contributed by atoms with Gasteiger partial charge in [0.05, 0.1) is 11.6 Å². The molecule has 0 spiro atoms. The number of likely N-dealkylation sites (N-methyl/N-ethyl adjacent to an activating group) is 1. The summed E-state index contributed by atoms with van der Waals surface area (Å²) >= 11 is 12.5. The lowest BCUT2D eigenvalue weighted by Gasteiger charge is -2.43. The fourth-order valence-corrected chi connectivity index (χ4v) is 5.92. The zero-order chi connectivity index (χ0) is 28.3. The Morgan fingerprint density at radius 1 is 1.00 bits per heavy atom. The number of piperidine rings is 1. The summed E-state index contributed by atoms with van der Waals surface area (Å²) in [5.41, 5.74) is 0.913. The summed E-state index contributed by atoms with van der Waals surface area (Å²) in [6.45, 7) is 6.09. The Hall–Kier alpha value is -3.07. The number of hydrogen-bond donors (Lipinski definition) is 0. The summed E-state index contributed by atoms with van der Waals surface area (Å²) in [6.07, 6.45) is 1.81. The maximum atomic E-state index is 14.0. The monoisotopic (exact) mass is 584 g/mol. The summed E-state index contributed by atoms with van der Waals surface area (Å²) in [5, 5.41) is 5.31. The predicted molar refractivity (Wildman–Crippen MR) is 155 cm³/mol. The molecule has 2 aliphatic heterocycles. The van der Waals surface area contributed by atoms with Gasteiger partial charge < -0.3 is 24.0 Å². The van der Waals surface area contributed by atoms with Crippen LogP contribution >= 0.6 is 23.2 Å². The molecule has 3 aromatic rings. The van der Waals surface area contributed by atoms with Gasteiger partial charge in [-0.3, -0.25) is 9.59 Å². The Bertz CT molecular complexity index is 1350. The van der Waals surface area contributed by atoms with Crippen LogP contribution in [0.5, 0.6) is 5.75 Å². The van der Waals surface area contributed by atoms with E-state index in [1.165, 1.54) is 0 Å². The Balaban J connectivity index is 1.40. The molecular formula is C30H34Cl2N4O4. The first-order valence-electron chi connectivity index (χ1n) is 13.6. The first-order chi connectivity index (χ1) is 19.2. The first-order valence-corrected chi connectivity index (χ1v) is 14.4. The standard InChI is InChI=1S/C30H34Cl2N4O4/c1-21-27(28(33-40-21)24-6-3-4-7-25(24)32)29(38)36-13-5-12-30(19-36,20-39-23-10-8-22(31)9-11-23)18-26(37)35-16-14-34(2)15-17-35/h3-4,6-11H,5,12-20H2,1-2H3/t30-/m1/s1. The van der Waals surface area contributed by atoms with Gasteiger partial charge in [-0.15, -0.1) is 0 Å². The zero-order valence-corrected chi connectivity index (χ0v) is 24.4. The van der Waals surface area contributed by atoms with Crippen molar-refractivity contribution in [2.75, 3.05) is 52.9 Å². The Morgan fingerprint density at radius 2 is 1.73 bits per heavy atom. The molecule has 0 radical (unpaired) electrons. The van der Waals surface area contributed by atoms with Crippen LogP contribution in [-0.4, -0.2) is 84.6 Å². The number of piperazine rings is 1. The quantitative estimate of drug-likeness (QED) is 0.369. The van der Waals surface area contributed by atoms with Crippen LogP contribution in [0.2, 0.25) is 10.0 Å². The second-order valence-corrected chi connectivity index (χ2v) is 11.7. The van der Waals surface area contributed by atoms with Crippen LogP contribution in [-0.2, 0) is 4.79 Å². The minimum Gasteiger partial charge on any atom is -0.493 e. The predicted octanol–water partition coefficient (Wildman–Crippen LogP) is 5.42. The van der Waals surface area contributed by atoms with Crippen LogP contribution in [0.3, 0.4) is 0 Å². The molecule has 5 rings (SSSR count). The van der Waals surface area contributed by atoms with E-state index in [2.05, 4.69) is 17.1 Å². The molecule has 1 atom stereocenters. The molecule has 0 unspecified atom stereocenters. The average molecular weight is 586 g/mol. The molecule has 212 valence electrons. The van der Waals surface area contributed by atoms with Crippen molar-refractivity contribution in [1.82, 2.24) is 19.9 Å². The van der Waals surface area contributed by atoms with E-state index in [-0.39, 0.29) is 11.8 Å². The highest BCUT2D eigenvalue weighted by Crippen LogP contribution is 2.38. The summed E-state index contributed by atoms with van der Waals surface area (Å²) in [6, 6.07) is 14.5. The molecule has 40 heavy (non-hydrogen) atoms. The normalized spacial score (nSPS) is 20.0. The minimum atomic E-state index is -0.552. The number of carbonyl (C=O) groups excluding carboxylic acids is 2. The second kappa shape index (κ2) is 12.2. The minimum absolute atomic E-state index is 0.0972. The van der Waals surface area contributed by atoms with Crippen LogP contribution < -0.4 is 4.74 Å². The van der Waals surface area contributed by atoms with Crippen LogP contribution in [0.4, 0.5) is 0 Å². The smallest absolute Gasteiger partial charge is 0.259 e. The summed E-state index contributed by atoms with van der Waals surface area (Å²) < 4.78 is 11.7. The molecule has 0 N–H and O–H groups in total. The average Bonchev–Trinajstić information content (AvgIpc) is 3.34. The maximum Gasteiger partial charge on any atom is 0.259 e. The molecule has 8 nitrogen and oxygen atoms in total. The highest BCUT2D eigenvalue weighted by Gasteiger charge is 2.42. The van der Waals surface area contributed by atoms with Gasteiger partial charge in [-0.05, 0) is 57.1 Å². The second-order valence-electron chi connectivity index (χ2n) is 10.9. The van der Waals surface area contributed by atoms with Crippen molar-refractivity contribution >= 4 is 35.0 Å². The van der Waals surface area contributed by atoms with Gasteiger partial charge in [-0.2, -0.15) is 0 Å². The number of benzene rings is 2. The van der Waals surface area contributed by atoms with Crippen LogP contribution in [0.15, 0.2) is 53.1 Å². The van der Waals surface area contributed by atoms with Crippen molar-refractivity contribution in [3.8, 4) is 17.0 Å². The summed E-state index contributed by atoms with van der Waals surface area (Å²) in [4.78, 5) is 33.6. The summed E-state index contributed by atoms with van der Waals surface area (Å²) in [7, 11) is 2.07. The van der Waals surface area contributed by atoms with E-state index in [1.54, 1.807) is 25.1 Å². The third-order valence-electron chi connectivity index (χ3n) is 7.90. The van der Waals surface area contributed by atoms with Gasteiger partial charge >= 0.3 is 0 Å². The van der Waals surface area contributed by atoms with E-state index in [0.717, 1.165) is 25.9 Å². The molecule has 2 aromatic carbocycles. The Kier molecular flexibility index (Phi) is 8.68. The highest BCUT2D eigenvalue weighted by molar-refractivity contribution is 6.33. The largest absolute Gasteiger partial charge is 0.493 e. The molecule has 0 aliphatic carbocycles. The lowest BCUT2D eigenvalue weighted by atomic mass is 9.77. The zero-order valence-electron chi connectivity index (χ0n) is 22.9. The lowest BCUT2D eigenvalue weighted by molar-refractivity contribution is -0.137. The fourth-order valence-electron chi connectivity index (χ4n) is 5.57. The topological polar surface area (TPSA) is 79.1 Å². The molecule has 10 heteroatoms. The molecule has 2 fully saturated rings. The third kappa shape index (κ3) is 6.29. The van der Waals surface area contributed by atoms with E-state index < -0.39 is 5.41 Å². The van der Waals surface area contributed by atoms with Crippen molar-refractivity contribution in [2.24, 2.45) is 5.41 Å². The number of carbonyl (C=O) groups is 2. The van der Waals surface area contributed by atoms with Gasteiger partial charge in [-0.25, -0.2) is 0 Å². The number of halogens is 2. The van der Waals surface area contributed by atoms with Gasteiger partial charge in [0.15, 0.2) is 0 Å². The number of aromatic nitrogens is 1. The number of ether oxygens (including phenoxy) is 1. The Morgan fingerprint density at radius 3 is 2.45 bits per heavy atom. The van der Waals surface area contributed by atoms with Crippen LogP contribution in [0.25, 0.3) is 11.3 Å². The van der Waals surface area contributed by atoms with Crippen molar-refractivity contribution in [2.45, 2.75) is 26.2 Å². The number of hydrogen-bond acceptors (Lipinski definition) is 6. The Labute approximate surface area is 244 Å². The number of amides is 2. The van der Waals surface area contributed by atoms with E-state index in [0.29, 0.717) is 77.6 Å². The van der Waals surface area contributed by atoms with Crippen molar-refractivity contribution < 1.29 is 18.8 Å². The molecule has 0 saturated carbocycles. The van der Waals surface area contributed by atoms with Crippen LogP contribution in [0.1, 0.15) is 35.4 Å². The lowest BCUT2D eigenvalue weighted by Crippen LogP contribution is -2.53. The van der Waals surface area contributed by atoms with Crippen molar-refractivity contribution in [3.63, 3.8) is 0 Å². The number of rotatable bonds is 7. The van der Waals surface area contributed by atoms with E-state index in [9.17, 15) is 9.59 Å². The van der Waals surface area contributed by atoms with Gasteiger partial charge in [0.2, 0.25) is 5.91 Å². The van der Waals surface area contributed by atoms with Crippen molar-refractivity contribution in [3.05, 3.63) is 69.9 Å². The van der Waals surface area contributed by atoms with E-state index in [4.69, 9.17) is 32.5 Å². The molecule has 2 saturated heterocycles. The van der Waals surface area contributed by atoms with Crippen LogP contribution in [0, 0.1) is 12.3 Å². The van der Waals surface area contributed by atoms with Crippen molar-refractivity contribution in [1.29, 1.82) is 0 Å². The molecule has 2 amide bonds. The van der Waals surface area contributed by atoms with Gasteiger partial charge in [-0.1, -0.05) is 46.6 Å². The first kappa shape index (κ1) is 28.5.